The number of anilines is 1. The Morgan fingerprint density at radius 3 is 2.17 bits per heavy atom. The van der Waals surface area contributed by atoms with Gasteiger partial charge in [0.05, 0.1) is 6.61 Å². The Bertz CT molecular complexity index is 978. The highest BCUT2D eigenvalue weighted by atomic mass is 16.5. The molecule has 0 bridgehead atoms. The molecule has 0 unspecified atom stereocenters. The summed E-state index contributed by atoms with van der Waals surface area (Å²) in [6.07, 6.45) is 3.02. The van der Waals surface area contributed by atoms with Crippen LogP contribution in [0, 0.1) is 0 Å². The quantitative estimate of drug-likeness (QED) is 0.354. The second-order valence-corrected chi connectivity index (χ2v) is 6.10. The third kappa shape index (κ3) is 6.07. The second kappa shape index (κ2) is 9.90. The van der Waals surface area contributed by atoms with Crippen molar-refractivity contribution in [1.29, 1.82) is 0 Å². The first-order valence-corrected chi connectivity index (χ1v) is 9.23. The van der Waals surface area contributed by atoms with Crippen LogP contribution in [0.1, 0.15) is 22.8 Å². The molecular weight excluding hydrogens is 366 g/mol. The molecule has 29 heavy (non-hydrogen) atoms. The van der Waals surface area contributed by atoms with Crippen molar-refractivity contribution in [3.8, 4) is 11.5 Å². The van der Waals surface area contributed by atoms with Gasteiger partial charge >= 0.3 is 5.97 Å². The summed E-state index contributed by atoms with van der Waals surface area (Å²) < 4.78 is 10.7. The second-order valence-electron chi connectivity index (χ2n) is 6.10. The number of para-hydroxylation sites is 1. The summed E-state index contributed by atoms with van der Waals surface area (Å²) in [4.78, 5) is 24.2. The maximum Gasteiger partial charge on any atom is 0.336 e. The number of rotatable bonds is 7. The molecular formula is C24H21NO4. The smallest absolute Gasteiger partial charge is 0.336 e. The average molecular weight is 387 g/mol. The van der Waals surface area contributed by atoms with E-state index in [2.05, 4.69) is 5.32 Å². The van der Waals surface area contributed by atoms with E-state index in [1.807, 2.05) is 61.5 Å². The standard InChI is InChI=1S/C24H21NO4/c1-2-28-21-13-8-18(9-14-21)10-17-23(26)29-22-15-11-19(12-16-22)24(27)25-20-6-4-3-5-7-20/h3-17H,2H2,1H3,(H,25,27)/b17-10+. The van der Waals surface area contributed by atoms with Gasteiger partial charge in [0.1, 0.15) is 11.5 Å². The molecule has 0 aliphatic heterocycles. The van der Waals surface area contributed by atoms with Gasteiger partial charge in [-0.15, -0.1) is 0 Å². The Morgan fingerprint density at radius 2 is 1.52 bits per heavy atom. The normalized spacial score (nSPS) is 10.5. The van der Waals surface area contributed by atoms with E-state index in [0.717, 1.165) is 11.3 Å². The molecule has 0 atom stereocenters. The molecule has 0 radical (unpaired) electrons. The zero-order valence-electron chi connectivity index (χ0n) is 16.0. The van der Waals surface area contributed by atoms with Crippen molar-refractivity contribution in [2.75, 3.05) is 11.9 Å². The number of carbonyl (C=O) groups is 2. The van der Waals surface area contributed by atoms with Crippen LogP contribution in [0.3, 0.4) is 0 Å². The minimum Gasteiger partial charge on any atom is -0.494 e. The lowest BCUT2D eigenvalue weighted by atomic mass is 10.2. The Hall–Kier alpha value is -3.86. The number of ether oxygens (including phenoxy) is 2. The maximum atomic E-state index is 12.2. The number of amides is 1. The zero-order chi connectivity index (χ0) is 20.5. The number of hydrogen-bond donors (Lipinski definition) is 1. The minimum absolute atomic E-state index is 0.232. The fourth-order valence-corrected chi connectivity index (χ4v) is 2.56. The Labute approximate surface area is 169 Å². The molecule has 0 saturated carbocycles. The van der Waals surface area contributed by atoms with Crippen LogP contribution in [0.2, 0.25) is 0 Å². The van der Waals surface area contributed by atoms with Gasteiger partial charge in [-0.1, -0.05) is 30.3 Å². The van der Waals surface area contributed by atoms with E-state index in [1.54, 1.807) is 30.3 Å². The molecule has 3 aromatic carbocycles. The van der Waals surface area contributed by atoms with E-state index in [1.165, 1.54) is 6.08 Å². The number of nitrogens with one attached hydrogen (secondary N) is 1. The van der Waals surface area contributed by atoms with Crippen LogP contribution in [-0.4, -0.2) is 18.5 Å². The predicted molar refractivity (Wildman–Crippen MR) is 113 cm³/mol. The monoisotopic (exact) mass is 387 g/mol. The van der Waals surface area contributed by atoms with Crippen molar-refractivity contribution in [1.82, 2.24) is 0 Å². The average Bonchev–Trinajstić information content (AvgIpc) is 2.75. The van der Waals surface area contributed by atoms with Crippen LogP contribution in [0.4, 0.5) is 5.69 Å². The van der Waals surface area contributed by atoms with Crippen LogP contribution in [0.25, 0.3) is 6.08 Å². The Morgan fingerprint density at radius 1 is 0.862 bits per heavy atom. The fourth-order valence-electron chi connectivity index (χ4n) is 2.56. The molecule has 1 amide bonds. The van der Waals surface area contributed by atoms with Crippen LogP contribution >= 0.6 is 0 Å². The van der Waals surface area contributed by atoms with Gasteiger partial charge in [0, 0.05) is 17.3 Å². The summed E-state index contributed by atoms with van der Waals surface area (Å²) in [5.41, 5.74) is 2.05. The molecule has 3 rings (SSSR count). The molecule has 146 valence electrons. The van der Waals surface area contributed by atoms with Crippen molar-refractivity contribution in [2.24, 2.45) is 0 Å². The Balaban J connectivity index is 1.54. The Kier molecular flexibility index (Phi) is 6.79. The van der Waals surface area contributed by atoms with Gasteiger partial charge in [-0.05, 0) is 67.1 Å². The van der Waals surface area contributed by atoms with Crippen LogP contribution in [-0.2, 0) is 4.79 Å². The molecule has 0 aliphatic carbocycles. The minimum atomic E-state index is -0.500. The zero-order valence-corrected chi connectivity index (χ0v) is 16.0. The summed E-state index contributed by atoms with van der Waals surface area (Å²) in [6.45, 7) is 2.53. The predicted octanol–water partition coefficient (Wildman–Crippen LogP) is 4.96. The number of esters is 1. The summed E-state index contributed by atoms with van der Waals surface area (Å²) in [7, 11) is 0. The van der Waals surface area contributed by atoms with E-state index in [0.29, 0.717) is 23.6 Å². The summed E-state index contributed by atoms with van der Waals surface area (Å²) in [5, 5.41) is 2.80. The van der Waals surface area contributed by atoms with Gasteiger partial charge < -0.3 is 14.8 Å². The third-order valence-corrected chi connectivity index (χ3v) is 3.97. The first kappa shape index (κ1) is 19.9. The van der Waals surface area contributed by atoms with Gasteiger partial charge in [-0.2, -0.15) is 0 Å². The molecule has 0 spiro atoms. The van der Waals surface area contributed by atoms with Crippen LogP contribution in [0.5, 0.6) is 11.5 Å². The molecule has 0 fully saturated rings. The van der Waals surface area contributed by atoms with Crippen molar-refractivity contribution < 1.29 is 19.1 Å². The summed E-state index contributed by atoms with van der Waals surface area (Å²) in [5.74, 6) is 0.413. The number of hydrogen-bond acceptors (Lipinski definition) is 4. The lowest BCUT2D eigenvalue weighted by Gasteiger charge is -2.06. The lowest BCUT2D eigenvalue weighted by Crippen LogP contribution is -2.11. The summed E-state index contributed by atoms with van der Waals surface area (Å²) in [6, 6.07) is 23.0. The summed E-state index contributed by atoms with van der Waals surface area (Å²) >= 11 is 0. The van der Waals surface area contributed by atoms with Crippen LogP contribution in [0.15, 0.2) is 84.9 Å². The van der Waals surface area contributed by atoms with Crippen molar-refractivity contribution in [3.63, 3.8) is 0 Å². The SMILES string of the molecule is CCOc1ccc(/C=C/C(=O)Oc2ccc(C(=O)Nc3ccccc3)cc2)cc1. The maximum absolute atomic E-state index is 12.2. The number of benzene rings is 3. The highest BCUT2D eigenvalue weighted by molar-refractivity contribution is 6.04. The van der Waals surface area contributed by atoms with Crippen molar-refractivity contribution in [3.05, 3.63) is 96.1 Å². The lowest BCUT2D eigenvalue weighted by molar-refractivity contribution is -0.128. The largest absolute Gasteiger partial charge is 0.494 e. The third-order valence-electron chi connectivity index (χ3n) is 3.97. The molecule has 5 nitrogen and oxygen atoms in total. The first-order valence-electron chi connectivity index (χ1n) is 9.23. The molecule has 3 aromatic rings. The van der Waals surface area contributed by atoms with E-state index in [9.17, 15) is 9.59 Å². The fraction of sp³-hybridized carbons (Fsp3) is 0.0833. The molecule has 5 heteroatoms. The molecule has 0 saturated heterocycles. The molecule has 0 aromatic heterocycles. The topological polar surface area (TPSA) is 64.6 Å². The van der Waals surface area contributed by atoms with Gasteiger partial charge in [0.25, 0.3) is 5.91 Å². The molecule has 0 heterocycles. The van der Waals surface area contributed by atoms with Gasteiger partial charge in [0.2, 0.25) is 0 Å². The molecule has 0 aliphatic rings. The van der Waals surface area contributed by atoms with Gasteiger partial charge in [-0.25, -0.2) is 4.79 Å². The number of carbonyl (C=O) groups excluding carboxylic acids is 2. The van der Waals surface area contributed by atoms with E-state index >= 15 is 0 Å². The highest BCUT2D eigenvalue weighted by Gasteiger charge is 2.07. The van der Waals surface area contributed by atoms with E-state index in [4.69, 9.17) is 9.47 Å². The van der Waals surface area contributed by atoms with Crippen molar-refractivity contribution >= 4 is 23.6 Å². The van der Waals surface area contributed by atoms with E-state index < -0.39 is 5.97 Å². The van der Waals surface area contributed by atoms with E-state index in [-0.39, 0.29) is 5.91 Å². The first-order chi connectivity index (χ1) is 14.1. The highest BCUT2D eigenvalue weighted by Crippen LogP contribution is 2.16. The van der Waals surface area contributed by atoms with Crippen molar-refractivity contribution in [2.45, 2.75) is 6.92 Å². The van der Waals surface area contributed by atoms with Crippen LogP contribution < -0.4 is 14.8 Å². The molecule has 1 N–H and O–H groups in total. The van der Waals surface area contributed by atoms with Gasteiger partial charge in [-0.3, -0.25) is 4.79 Å². The van der Waals surface area contributed by atoms with Gasteiger partial charge in [0.15, 0.2) is 0 Å².